The Bertz CT molecular complexity index is 351. The van der Waals surface area contributed by atoms with Gasteiger partial charge in [-0.05, 0) is 49.9 Å². The molecule has 0 saturated carbocycles. The second-order valence-electron chi connectivity index (χ2n) is 4.33. The van der Waals surface area contributed by atoms with Crippen LogP contribution >= 0.6 is 0 Å². The second-order valence-corrected chi connectivity index (χ2v) is 4.33. The highest BCUT2D eigenvalue weighted by molar-refractivity contribution is 5.72. The fraction of sp³-hybridized carbons (Fsp3) is 0.500. The van der Waals surface area contributed by atoms with Crippen LogP contribution in [0.5, 0.6) is 5.75 Å². The number of esters is 1. The van der Waals surface area contributed by atoms with E-state index in [0.29, 0.717) is 12.2 Å². The summed E-state index contributed by atoms with van der Waals surface area (Å²) in [6.07, 6.45) is 2.78. The Hall–Kier alpha value is -1.35. The Morgan fingerprint density at radius 1 is 1.12 bits per heavy atom. The second kappa shape index (κ2) is 7.07. The van der Waals surface area contributed by atoms with Crippen LogP contribution in [-0.2, 0) is 4.79 Å². The van der Waals surface area contributed by atoms with Crippen molar-refractivity contribution in [2.45, 2.75) is 39.5 Å². The molecular weight excluding hydrogens is 216 g/mol. The first-order valence-electron chi connectivity index (χ1n) is 6.01. The lowest BCUT2D eigenvalue weighted by atomic mass is 10.1. The van der Waals surface area contributed by atoms with Gasteiger partial charge in [0.2, 0.25) is 0 Å². The molecule has 17 heavy (non-hydrogen) atoms. The molecule has 0 aliphatic carbocycles. The molecule has 0 bridgehead atoms. The molecule has 0 saturated heterocycles. The van der Waals surface area contributed by atoms with Crippen LogP contribution in [0.3, 0.4) is 0 Å². The van der Waals surface area contributed by atoms with E-state index in [2.05, 4.69) is 0 Å². The molecule has 0 radical (unpaired) electrons. The molecule has 0 aromatic heterocycles. The summed E-state index contributed by atoms with van der Waals surface area (Å²) < 4.78 is 5.25. The number of carbonyl (C=O) groups excluding carboxylic acids is 1. The molecule has 0 unspecified atom stereocenters. The zero-order valence-corrected chi connectivity index (χ0v) is 10.5. The first-order chi connectivity index (χ1) is 8.11. The van der Waals surface area contributed by atoms with Crippen LogP contribution in [0.2, 0.25) is 0 Å². The molecular formula is C14H20O3. The van der Waals surface area contributed by atoms with E-state index in [-0.39, 0.29) is 12.6 Å². The van der Waals surface area contributed by atoms with Gasteiger partial charge in [-0.25, -0.2) is 0 Å². The summed E-state index contributed by atoms with van der Waals surface area (Å²) in [6.45, 7) is 4.14. The van der Waals surface area contributed by atoms with Crippen LogP contribution in [0.25, 0.3) is 0 Å². The molecule has 0 aliphatic heterocycles. The Morgan fingerprint density at radius 3 is 2.35 bits per heavy atom. The number of unbranched alkanes of at least 4 members (excludes halogenated alkanes) is 2. The number of hydrogen-bond donors (Lipinski definition) is 1. The Balaban J connectivity index is 2.39. The highest BCUT2D eigenvalue weighted by Crippen LogP contribution is 2.17. The third-order valence-corrected chi connectivity index (χ3v) is 2.47. The fourth-order valence-corrected chi connectivity index (χ4v) is 1.73. The number of benzene rings is 1. The van der Waals surface area contributed by atoms with Crippen LogP contribution in [0.4, 0.5) is 0 Å². The molecule has 1 rings (SSSR count). The van der Waals surface area contributed by atoms with E-state index in [1.54, 1.807) is 0 Å². The van der Waals surface area contributed by atoms with Gasteiger partial charge in [0.1, 0.15) is 5.75 Å². The van der Waals surface area contributed by atoms with E-state index in [1.165, 1.54) is 0 Å². The summed E-state index contributed by atoms with van der Waals surface area (Å²) in [7, 11) is 0. The monoisotopic (exact) mass is 236 g/mol. The largest absolute Gasteiger partial charge is 0.427 e. The quantitative estimate of drug-likeness (QED) is 0.469. The van der Waals surface area contributed by atoms with Gasteiger partial charge in [0.25, 0.3) is 0 Å². The maximum absolute atomic E-state index is 11.5. The SMILES string of the molecule is Cc1cc(C)cc(OC(=O)CCCCCO)c1. The number of hydrogen-bond acceptors (Lipinski definition) is 3. The molecule has 3 heteroatoms. The predicted molar refractivity (Wildman–Crippen MR) is 67.1 cm³/mol. The molecule has 0 atom stereocenters. The number of carbonyl (C=O) groups is 1. The molecule has 0 amide bonds. The van der Waals surface area contributed by atoms with Gasteiger partial charge in [-0.1, -0.05) is 12.5 Å². The van der Waals surface area contributed by atoms with E-state index < -0.39 is 0 Å². The van der Waals surface area contributed by atoms with Gasteiger partial charge in [-0.15, -0.1) is 0 Å². The first kappa shape index (κ1) is 13.7. The Labute approximate surface area is 102 Å². The average molecular weight is 236 g/mol. The highest BCUT2D eigenvalue weighted by atomic mass is 16.5. The molecule has 1 aromatic rings. The van der Waals surface area contributed by atoms with Crippen molar-refractivity contribution < 1.29 is 14.6 Å². The minimum absolute atomic E-state index is 0.187. The third-order valence-electron chi connectivity index (χ3n) is 2.47. The number of aliphatic hydroxyl groups is 1. The lowest BCUT2D eigenvalue weighted by Crippen LogP contribution is -2.07. The lowest BCUT2D eigenvalue weighted by molar-refractivity contribution is -0.134. The summed E-state index contributed by atoms with van der Waals surface area (Å²) in [5.74, 6) is 0.419. The predicted octanol–water partition coefficient (Wildman–Crippen LogP) is 2.76. The van der Waals surface area contributed by atoms with Crippen LogP contribution in [-0.4, -0.2) is 17.7 Å². The summed E-state index contributed by atoms with van der Waals surface area (Å²) >= 11 is 0. The van der Waals surface area contributed by atoms with Crippen LogP contribution in [0.15, 0.2) is 18.2 Å². The standard InChI is InChI=1S/C14H20O3/c1-11-8-12(2)10-13(9-11)17-14(16)6-4-3-5-7-15/h8-10,15H,3-7H2,1-2H3. The maximum Gasteiger partial charge on any atom is 0.311 e. The van der Waals surface area contributed by atoms with Crippen LogP contribution < -0.4 is 4.74 Å². The van der Waals surface area contributed by atoms with E-state index in [4.69, 9.17) is 9.84 Å². The molecule has 1 aromatic carbocycles. The van der Waals surface area contributed by atoms with Crippen molar-refractivity contribution in [3.8, 4) is 5.75 Å². The number of ether oxygens (including phenoxy) is 1. The topological polar surface area (TPSA) is 46.5 Å². The summed E-state index contributed by atoms with van der Waals surface area (Å²) in [6, 6.07) is 5.76. The van der Waals surface area contributed by atoms with Crippen LogP contribution in [0, 0.1) is 13.8 Å². The summed E-state index contributed by atoms with van der Waals surface area (Å²) in [4.78, 5) is 11.5. The Kier molecular flexibility index (Phi) is 5.70. The van der Waals surface area contributed by atoms with Gasteiger partial charge in [0.15, 0.2) is 0 Å². The van der Waals surface area contributed by atoms with Crippen molar-refractivity contribution in [2.24, 2.45) is 0 Å². The molecule has 3 nitrogen and oxygen atoms in total. The molecule has 0 spiro atoms. The lowest BCUT2D eigenvalue weighted by Gasteiger charge is -2.06. The zero-order chi connectivity index (χ0) is 12.7. The van der Waals surface area contributed by atoms with E-state index in [9.17, 15) is 4.79 Å². The third kappa shape index (κ3) is 5.50. The average Bonchev–Trinajstić information content (AvgIpc) is 2.23. The number of rotatable bonds is 6. The zero-order valence-electron chi connectivity index (χ0n) is 10.5. The van der Waals surface area contributed by atoms with Gasteiger partial charge in [0.05, 0.1) is 0 Å². The van der Waals surface area contributed by atoms with Crippen LogP contribution in [0.1, 0.15) is 36.8 Å². The molecule has 0 fully saturated rings. The van der Waals surface area contributed by atoms with E-state index >= 15 is 0 Å². The molecule has 1 N–H and O–H groups in total. The molecule has 0 heterocycles. The molecule has 0 aliphatic rings. The van der Waals surface area contributed by atoms with Crippen molar-refractivity contribution in [1.29, 1.82) is 0 Å². The highest BCUT2D eigenvalue weighted by Gasteiger charge is 2.05. The summed E-state index contributed by atoms with van der Waals surface area (Å²) in [5.41, 5.74) is 2.18. The van der Waals surface area contributed by atoms with Gasteiger partial charge in [0, 0.05) is 13.0 Å². The van der Waals surface area contributed by atoms with Crippen molar-refractivity contribution in [1.82, 2.24) is 0 Å². The Morgan fingerprint density at radius 2 is 1.76 bits per heavy atom. The van der Waals surface area contributed by atoms with E-state index in [0.717, 1.165) is 30.4 Å². The van der Waals surface area contributed by atoms with Crippen molar-refractivity contribution in [3.05, 3.63) is 29.3 Å². The van der Waals surface area contributed by atoms with Gasteiger partial charge in [-0.2, -0.15) is 0 Å². The van der Waals surface area contributed by atoms with Gasteiger partial charge >= 0.3 is 5.97 Å². The normalized spacial score (nSPS) is 10.3. The first-order valence-corrected chi connectivity index (χ1v) is 6.01. The minimum Gasteiger partial charge on any atom is -0.427 e. The number of aryl methyl sites for hydroxylation is 2. The van der Waals surface area contributed by atoms with E-state index in [1.807, 2.05) is 32.0 Å². The smallest absolute Gasteiger partial charge is 0.311 e. The summed E-state index contributed by atoms with van der Waals surface area (Å²) in [5, 5.41) is 8.61. The minimum atomic E-state index is -0.201. The maximum atomic E-state index is 11.5. The van der Waals surface area contributed by atoms with Gasteiger partial charge in [-0.3, -0.25) is 4.79 Å². The van der Waals surface area contributed by atoms with Gasteiger partial charge < -0.3 is 9.84 Å². The molecule has 94 valence electrons. The van der Waals surface area contributed by atoms with Crippen molar-refractivity contribution in [2.75, 3.05) is 6.61 Å². The number of aliphatic hydroxyl groups excluding tert-OH is 1. The van der Waals surface area contributed by atoms with Crippen molar-refractivity contribution >= 4 is 5.97 Å². The fourth-order valence-electron chi connectivity index (χ4n) is 1.73. The van der Waals surface area contributed by atoms with Crippen molar-refractivity contribution in [3.63, 3.8) is 0 Å².